The van der Waals surface area contributed by atoms with Crippen LogP contribution in [-0.2, 0) is 0 Å². The fourth-order valence-electron chi connectivity index (χ4n) is 1.68. The summed E-state index contributed by atoms with van der Waals surface area (Å²) in [6.07, 6.45) is 1.74. The normalized spacial score (nSPS) is 10.2. The van der Waals surface area contributed by atoms with Crippen LogP contribution in [0.3, 0.4) is 0 Å². The molecule has 0 radical (unpaired) electrons. The number of phenolic OH excluding ortho intramolecular Hbond substituents is 1. The van der Waals surface area contributed by atoms with Crippen molar-refractivity contribution in [3.63, 3.8) is 0 Å². The first-order chi connectivity index (χ1) is 9.72. The van der Waals surface area contributed by atoms with Crippen LogP contribution in [0, 0.1) is 11.8 Å². The molecule has 7 heteroatoms. The topological polar surface area (TPSA) is 84.1 Å². The summed E-state index contributed by atoms with van der Waals surface area (Å²) in [7, 11) is 0. The van der Waals surface area contributed by atoms with E-state index in [2.05, 4.69) is 27.1 Å². The highest BCUT2D eigenvalue weighted by Crippen LogP contribution is 2.31. The lowest BCUT2D eigenvalue weighted by molar-refractivity contribution is 0.480. The Labute approximate surface area is 123 Å². The van der Waals surface area contributed by atoms with Gasteiger partial charge in [0.05, 0.1) is 11.2 Å². The number of phenols is 1. The highest BCUT2D eigenvalue weighted by Gasteiger charge is 2.07. The summed E-state index contributed by atoms with van der Waals surface area (Å²) in [6, 6.07) is 3.47. The van der Waals surface area contributed by atoms with Crippen molar-refractivity contribution in [2.75, 3.05) is 17.6 Å². The second-order valence-corrected chi connectivity index (χ2v) is 5.84. The highest BCUT2D eigenvalue weighted by atomic mass is 32.1. The fourth-order valence-corrected chi connectivity index (χ4v) is 3.00. The molecule has 4 N–H and O–H groups in total. The van der Waals surface area contributed by atoms with Gasteiger partial charge in [-0.15, -0.1) is 11.3 Å². The van der Waals surface area contributed by atoms with Gasteiger partial charge in [0.25, 0.3) is 0 Å². The van der Waals surface area contributed by atoms with Crippen LogP contribution in [0.2, 0.25) is 0 Å². The van der Waals surface area contributed by atoms with Crippen LogP contribution in [0.25, 0.3) is 10.2 Å². The highest BCUT2D eigenvalue weighted by molar-refractivity contribution is 7.22. The number of aromatic hydroxyl groups is 1. The molecule has 0 saturated heterocycles. The maximum absolute atomic E-state index is 9.87. The minimum absolute atomic E-state index is 0.104. The zero-order valence-electron chi connectivity index (χ0n) is 10.3. The van der Waals surface area contributed by atoms with Crippen molar-refractivity contribution < 1.29 is 5.11 Å². The van der Waals surface area contributed by atoms with E-state index in [9.17, 15) is 5.11 Å². The molecule has 3 rings (SSSR count). The summed E-state index contributed by atoms with van der Waals surface area (Å²) in [5.74, 6) is 6.08. The van der Waals surface area contributed by atoms with Gasteiger partial charge in [-0.05, 0) is 12.1 Å². The van der Waals surface area contributed by atoms with Crippen LogP contribution in [0.1, 0.15) is 5.56 Å². The first-order valence-electron chi connectivity index (χ1n) is 5.73. The molecule has 0 unspecified atom stereocenters. The summed E-state index contributed by atoms with van der Waals surface area (Å²) in [4.78, 5) is 8.16. The number of nitrogens with two attached hydrogens (primary N) is 1. The molecule has 5 nitrogen and oxygen atoms in total. The van der Waals surface area contributed by atoms with Crippen LogP contribution in [-0.4, -0.2) is 21.6 Å². The quantitative estimate of drug-likeness (QED) is 0.633. The van der Waals surface area contributed by atoms with E-state index in [-0.39, 0.29) is 5.75 Å². The number of rotatable bonds is 2. The lowest BCUT2D eigenvalue weighted by Gasteiger charge is -1.96. The third-order valence-corrected chi connectivity index (χ3v) is 4.05. The third-order valence-electron chi connectivity index (χ3n) is 2.48. The summed E-state index contributed by atoms with van der Waals surface area (Å²) in [5, 5.41) is 16.1. The Kier molecular flexibility index (Phi) is 3.41. The van der Waals surface area contributed by atoms with Gasteiger partial charge in [0.2, 0.25) is 0 Å². The van der Waals surface area contributed by atoms with E-state index >= 15 is 0 Å². The van der Waals surface area contributed by atoms with Gasteiger partial charge in [-0.3, -0.25) is 0 Å². The van der Waals surface area contributed by atoms with Crippen molar-refractivity contribution >= 4 is 43.2 Å². The van der Waals surface area contributed by atoms with Gasteiger partial charge >= 0.3 is 0 Å². The van der Waals surface area contributed by atoms with E-state index in [1.54, 1.807) is 12.3 Å². The molecule has 0 atom stereocenters. The minimum Gasteiger partial charge on any atom is -0.506 e. The average Bonchev–Trinajstić information content (AvgIpc) is 3.03. The lowest BCUT2D eigenvalue weighted by Crippen LogP contribution is -1.97. The Morgan fingerprint density at radius 3 is 3.10 bits per heavy atom. The van der Waals surface area contributed by atoms with Crippen LogP contribution in [0.4, 0.5) is 10.3 Å². The number of anilines is 2. The Hall–Kier alpha value is -2.30. The molecule has 3 aromatic rings. The number of hydrogen-bond donors (Lipinski definition) is 3. The molecule has 100 valence electrons. The van der Waals surface area contributed by atoms with Crippen LogP contribution in [0.15, 0.2) is 23.7 Å². The molecule has 2 aromatic heterocycles. The molecule has 0 spiro atoms. The minimum atomic E-state index is 0.104. The summed E-state index contributed by atoms with van der Waals surface area (Å²) in [5.41, 5.74) is 6.89. The summed E-state index contributed by atoms with van der Waals surface area (Å²) >= 11 is 2.86. The molecule has 0 aliphatic heterocycles. The van der Waals surface area contributed by atoms with E-state index in [0.717, 1.165) is 15.4 Å². The average molecular weight is 302 g/mol. The number of hydrogen-bond acceptors (Lipinski definition) is 7. The number of fused-ring (bicyclic) bond motifs is 1. The van der Waals surface area contributed by atoms with Crippen molar-refractivity contribution in [3.8, 4) is 17.6 Å². The smallest absolute Gasteiger partial charge is 0.183 e. The van der Waals surface area contributed by atoms with E-state index in [1.807, 2.05) is 11.4 Å². The van der Waals surface area contributed by atoms with Gasteiger partial charge in [0, 0.05) is 17.1 Å². The standard InChI is InChI=1S/C13H10N4OS2/c14-12-17-11-9(18)6-8(7-10(11)20-12)2-1-3-15-13-16-4-5-19-13/h4-7,18H,3H2,(H2,14,17)(H,15,16). The molecule has 2 heterocycles. The first-order valence-corrected chi connectivity index (χ1v) is 7.43. The van der Waals surface area contributed by atoms with Gasteiger partial charge in [-0.1, -0.05) is 23.2 Å². The molecular weight excluding hydrogens is 292 g/mol. The van der Waals surface area contributed by atoms with Gasteiger partial charge in [0.1, 0.15) is 11.3 Å². The Morgan fingerprint density at radius 1 is 1.40 bits per heavy atom. The van der Waals surface area contributed by atoms with E-state index in [1.165, 1.54) is 22.7 Å². The molecule has 0 saturated carbocycles. The monoisotopic (exact) mass is 302 g/mol. The van der Waals surface area contributed by atoms with Crippen molar-refractivity contribution in [1.29, 1.82) is 0 Å². The molecule has 0 aliphatic carbocycles. The first kappa shape index (κ1) is 12.7. The lowest BCUT2D eigenvalue weighted by atomic mass is 10.2. The molecule has 1 aromatic carbocycles. The van der Waals surface area contributed by atoms with Gasteiger partial charge in [-0.2, -0.15) is 0 Å². The number of nitrogens with zero attached hydrogens (tertiary/aromatic N) is 2. The Bertz CT molecular complexity index is 799. The predicted molar refractivity (Wildman–Crippen MR) is 83.2 cm³/mol. The number of thiazole rings is 2. The molecule has 20 heavy (non-hydrogen) atoms. The maximum Gasteiger partial charge on any atom is 0.183 e. The molecular formula is C13H10N4OS2. The van der Waals surface area contributed by atoms with Gasteiger partial charge in [0.15, 0.2) is 10.3 Å². The Morgan fingerprint density at radius 2 is 2.30 bits per heavy atom. The van der Waals surface area contributed by atoms with E-state index in [4.69, 9.17) is 5.73 Å². The fraction of sp³-hybridized carbons (Fsp3) is 0.0769. The Balaban J connectivity index is 1.77. The van der Waals surface area contributed by atoms with Crippen LogP contribution >= 0.6 is 22.7 Å². The van der Waals surface area contributed by atoms with Crippen molar-refractivity contribution in [2.45, 2.75) is 0 Å². The van der Waals surface area contributed by atoms with Crippen molar-refractivity contribution in [3.05, 3.63) is 29.3 Å². The second-order valence-electron chi connectivity index (χ2n) is 3.89. The number of aromatic nitrogens is 2. The van der Waals surface area contributed by atoms with Gasteiger partial charge < -0.3 is 16.2 Å². The summed E-state index contributed by atoms with van der Waals surface area (Å²) in [6.45, 7) is 0.497. The zero-order chi connectivity index (χ0) is 13.9. The zero-order valence-corrected chi connectivity index (χ0v) is 11.9. The molecule has 0 fully saturated rings. The third kappa shape index (κ3) is 2.66. The second kappa shape index (κ2) is 5.36. The van der Waals surface area contributed by atoms with E-state index < -0.39 is 0 Å². The predicted octanol–water partition coefficient (Wildman–Crippen LogP) is 2.50. The number of nitrogen functional groups attached to an aromatic ring is 1. The number of nitrogens with one attached hydrogen (secondary N) is 1. The van der Waals surface area contributed by atoms with Crippen molar-refractivity contribution in [1.82, 2.24) is 9.97 Å². The molecule has 0 aliphatic rings. The van der Waals surface area contributed by atoms with Crippen molar-refractivity contribution in [2.24, 2.45) is 0 Å². The van der Waals surface area contributed by atoms with Crippen LogP contribution in [0.5, 0.6) is 5.75 Å². The van der Waals surface area contributed by atoms with E-state index in [0.29, 0.717) is 17.2 Å². The number of benzene rings is 1. The molecule has 0 bridgehead atoms. The largest absolute Gasteiger partial charge is 0.506 e. The maximum atomic E-state index is 9.87. The summed E-state index contributed by atoms with van der Waals surface area (Å²) < 4.78 is 0.833. The SMILES string of the molecule is Nc1nc2c(O)cc(C#CCNc3nccs3)cc2s1. The van der Waals surface area contributed by atoms with Gasteiger partial charge in [-0.25, -0.2) is 9.97 Å². The molecule has 0 amide bonds. The van der Waals surface area contributed by atoms with Crippen LogP contribution < -0.4 is 11.1 Å².